The van der Waals surface area contributed by atoms with Gasteiger partial charge in [0.05, 0.1) is 12.9 Å². The SMILES string of the molecule is Cc1cc(O)c(C(=O)CCC2C=c3ccoc3=CC2)c(OC2OC(CO)C(F)C(O)C2O)c1. The number of halogens is 1. The predicted molar refractivity (Wildman–Crippen MR) is 115 cm³/mol. The normalized spacial score (nSPS) is 29.0. The second kappa shape index (κ2) is 9.64. The van der Waals surface area contributed by atoms with Crippen molar-refractivity contribution >= 4 is 17.9 Å². The highest BCUT2D eigenvalue weighted by molar-refractivity contribution is 6.01. The van der Waals surface area contributed by atoms with Crippen molar-refractivity contribution in [3.8, 4) is 11.5 Å². The molecule has 0 saturated carbocycles. The number of fused-ring (bicyclic) bond motifs is 1. The van der Waals surface area contributed by atoms with Gasteiger partial charge in [0.25, 0.3) is 0 Å². The van der Waals surface area contributed by atoms with Gasteiger partial charge in [0.15, 0.2) is 12.0 Å². The molecule has 6 unspecified atom stereocenters. The second-order valence-electron chi connectivity index (χ2n) is 8.49. The smallest absolute Gasteiger partial charge is 0.229 e. The van der Waals surface area contributed by atoms with Crippen LogP contribution in [0.15, 0.2) is 28.9 Å². The monoisotopic (exact) mass is 462 g/mol. The van der Waals surface area contributed by atoms with Gasteiger partial charge >= 0.3 is 0 Å². The van der Waals surface area contributed by atoms with Crippen LogP contribution >= 0.6 is 0 Å². The molecule has 1 aliphatic heterocycles. The maximum Gasteiger partial charge on any atom is 0.229 e. The van der Waals surface area contributed by atoms with E-state index in [-0.39, 0.29) is 35.2 Å². The molecule has 0 amide bonds. The summed E-state index contributed by atoms with van der Waals surface area (Å²) in [6.45, 7) is 0.945. The van der Waals surface area contributed by atoms with E-state index in [2.05, 4.69) is 6.08 Å². The number of ether oxygens (including phenoxy) is 2. The lowest BCUT2D eigenvalue weighted by atomic mass is 9.92. The third-order valence-corrected chi connectivity index (χ3v) is 6.04. The molecule has 4 N–H and O–H groups in total. The number of phenols is 1. The molecular weight excluding hydrogens is 435 g/mol. The predicted octanol–water partition coefficient (Wildman–Crippen LogP) is 0.694. The molecule has 9 heteroatoms. The molecule has 2 aliphatic rings. The highest BCUT2D eigenvalue weighted by atomic mass is 19.1. The first kappa shape index (κ1) is 23.4. The summed E-state index contributed by atoms with van der Waals surface area (Å²) in [7, 11) is 0. The maximum absolute atomic E-state index is 14.0. The topological polar surface area (TPSA) is 130 Å². The number of aliphatic hydroxyl groups excluding tert-OH is 3. The summed E-state index contributed by atoms with van der Waals surface area (Å²) in [5.41, 5.74) is 1.31. The molecule has 1 aliphatic carbocycles. The van der Waals surface area contributed by atoms with Gasteiger partial charge in [-0.3, -0.25) is 4.79 Å². The molecule has 1 saturated heterocycles. The van der Waals surface area contributed by atoms with E-state index >= 15 is 0 Å². The van der Waals surface area contributed by atoms with Crippen LogP contribution in [-0.4, -0.2) is 63.6 Å². The second-order valence-corrected chi connectivity index (χ2v) is 8.49. The molecule has 0 bridgehead atoms. The molecule has 0 radical (unpaired) electrons. The van der Waals surface area contributed by atoms with Crippen LogP contribution in [0.4, 0.5) is 4.39 Å². The largest absolute Gasteiger partial charge is 0.507 e. The first-order chi connectivity index (χ1) is 15.8. The lowest BCUT2D eigenvalue weighted by molar-refractivity contribution is -0.265. The van der Waals surface area contributed by atoms with E-state index in [9.17, 15) is 29.6 Å². The summed E-state index contributed by atoms with van der Waals surface area (Å²) in [6, 6.07) is 4.77. The number of rotatable bonds is 7. The van der Waals surface area contributed by atoms with Crippen molar-refractivity contribution in [3.05, 3.63) is 46.2 Å². The zero-order valence-electron chi connectivity index (χ0n) is 18.1. The average Bonchev–Trinajstić information content (AvgIpc) is 3.25. The Bertz CT molecular complexity index is 1120. The van der Waals surface area contributed by atoms with Crippen LogP contribution in [0.1, 0.15) is 35.2 Å². The van der Waals surface area contributed by atoms with Crippen LogP contribution in [0.3, 0.4) is 0 Å². The summed E-state index contributed by atoms with van der Waals surface area (Å²) < 4.78 is 30.3. The van der Waals surface area contributed by atoms with E-state index in [4.69, 9.17) is 13.9 Å². The van der Waals surface area contributed by atoms with Crippen molar-refractivity contribution in [2.75, 3.05) is 6.61 Å². The first-order valence-corrected chi connectivity index (χ1v) is 10.8. The molecule has 1 aromatic heterocycles. The number of phenolic OH excluding ortho intramolecular Hbond substituents is 1. The molecule has 2 heterocycles. The van der Waals surface area contributed by atoms with Crippen molar-refractivity contribution in [2.45, 2.75) is 57.0 Å². The van der Waals surface area contributed by atoms with Crippen LogP contribution < -0.4 is 15.4 Å². The number of alkyl halides is 1. The van der Waals surface area contributed by atoms with E-state index in [0.717, 1.165) is 17.1 Å². The molecule has 8 nitrogen and oxygen atoms in total. The van der Waals surface area contributed by atoms with Crippen LogP contribution in [0.2, 0.25) is 0 Å². The van der Waals surface area contributed by atoms with Crippen molar-refractivity contribution in [2.24, 2.45) is 5.92 Å². The molecule has 178 valence electrons. The molecule has 6 atom stereocenters. The lowest BCUT2D eigenvalue weighted by Gasteiger charge is -2.38. The Balaban J connectivity index is 1.52. The number of Topliss-reactive ketones (excluding diaryl/α,β-unsaturated/α-hetero) is 1. The minimum atomic E-state index is -2.00. The van der Waals surface area contributed by atoms with Gasteiger partial charge in [-0.15, -0.1) is 0 Å². The molecule has 33 heavy (non-hydrogen) atoms. The fourth-order valence-corrected chi connectivity index (χ4v) is 4.23. The number of aromatic hydroxyl groups is 1. The average molecular weight is 462 g/mol. The fourth-order valence-electron chi connectivity index (χ4n) is 4.23. The number of furan rings is 1. The fraction of sp³-hybridized carbons (Fsp3) is 0.458. The Morgan fingerprint density at radius 1 is 1.27 bits per heavy atom. The van der Waals surface area contributed by atoms with E-state index in [1.54, 1.807) is 13.2 Å². The number of aliphatic hydroxyl groups is 3. The lowest BCUT2D eigenvalue weighted by Crippen LogP contribution is -2.58. The van der Waals surface area contributed by atoms with Crippen molar-refractivity contribution in [1.82, 2.24) is 0 Å². The minimum Gasteiger partial charge on any atom is -0.507 e. The summed E-state index contributed by atoms with van der Waals surface area (Å²) >= 11 is 0. The number of hydrogen-bond acceptors (Lipinski definition) is 8. The Morgan fingerprint density at radius 3 is 2.82 bits per heavy atom. The van der Waals surface area contributed by atoms with Gasteiger partial charge in [0.1, 0.15) is 40.8 Å². The Labute approximate surface area is 189 Å². The summed E-state index contributed by atoms with van der Waals surface area (Å²) in [5, 5.41) is 40.9. The van der Waals surface area contributed by atoms with Crippen molar-refractivity contribution < 1.29 is 43.5 Å². The van der Waals surface area contributed by atoms with Crippen LogP contribution in [0.5, 0.6) is 11.5 Å². The van der Waals surface area contributed by atoms with E-state index in [1.807, 2.05) is 12.1 Å². The molecule has 1 fully saturated rings. The third kappa shape index (κ3) is 4.81. The standard InChI is InChI=1S/C24H27FO8/c1-12-8-16(28)20(15(27)4-2-13-3-5-17-14(10-13)6-7-31-17)18(9-12)32-24-23(30)22(29)21(25)19(11-26)33-24/h5-10,13,19,21-24,26,28-30H,2-4,11H2,1H3. The summed E-state index contributed by atoms with van der Waals surface area (Å²) in [5.74, 6) is -0.596. The maximum atomic E-state index is 14.0. The zero-order chi connectivity index (χ0) is 23.7. The van der Waals surface area contributed by atoms with Gasteiger partial charge < -0.3 is 34.3 Å². The number of carbonyl (C=O) groups is 1. The first-order valence-electron chi connectivity index (χ1n) is 10.8. The van der Waals surface area contributed by atoms with E-state index in [1.165, 1.54) is 12.1 Å². The van der Waals surface area contributed by atoms with Gasteiger partial charge in [0, 0.05) is 11.6 Å². The highest BCUT2D eigenvalue weighted by Gasteiger charge is 2.46. The molecule has 1 aromatic carbocycles. The summed E-state index contributed by atoms with van der Waals surface area (Å²) in [6.07, 6.45) is -1.53. The van der Waals surface area contributed by atoms with Gasteiger partial charge in [-0.25, -0.2) is 4.39 Å². The molecule has 2 aromatic rings. The number of benzene rings is 1. The van der Waals surface area contributed by atoms with E-state index in [0.29, 0.717) is 12.0 Å². The van der Waals surface area contributed by atoms with Gasteiger partial charge in [-0.1, -0.05) is 6.08 Å². The van der Waals surface area contributed by atoms with Crippen molar-refractivity contribution in [3.63, 3.8) is 0 Å². The Hall–Kier alpha value is -2.72. The molecule has 0 spiro atoms. The van der Waals surface area contributed by atoms with E-state index < -0.39 is 37.4 Å². The number of ketones is 1. The van der Waals surface area contributed by atoms with Gasteiger partial charge in [-0.05, 0) is 55.5 Å². The van der Waals surface area contributed by atoms with Gasteiger partial charge in [0.2, 0.25) is 6.29 Å². The number of aryl methyl sites for hydroxylation is 1. The van der Waals surface area contributed by atoms with Crippen LogP contribution in [-0.2, 0) is 4.74 Å². The highest BCUT2D eigenvalue weighted by Crippen LogP contribution is 2.34. The summed E-state index contributed by atoms with van der Waals surface area (Å²) in [4.78, 5) is 13.1. The number of carbonyl (C=O) groups excluding carboxylic acids is 1. The quantitative estimate of drug-likeness (QED) is 0.443. The zero-order valence-corrected chi connectivity index (χ0v) is 18.1. The van der Waals surface area contributed by atoms with Crippen molar-refractivity contribution in [1.29, 1.82) is 0 Å². The van der Waals surface area contributed by atoms with Gasteiger partial charge in [-0.2, -0.15) is 0 Å². The van der Waals surface area contributed by atoms with Crippen LogP contribution in [0.25, 0.3) is 12.2 Å². The van der Waals surface area contributed by atoms with Crippen LogP contribution in [0, 0.1) is 12.8 Å². The molecule has 4 rings (SSSR count). The minimum absolute atomic E-state index is 0.0564. The molecular formula is C24H27FO8. The number of hydrogen-bond donors (Lipinski definition) is 4. The Morgan fingerprint density at radius 2 is 2.06 bits per heavy atom. The Kier molecular flexibility index (Phi) is 6.85. The third-order valence-electron chi connectivity index (χ3n) is 6.04.